The monoisotopic (exact) mass is 220 g/mol. The van der Waals surface area contributed by atoms with Crippen LogP contribution >= 0.6 is 0 Å². The van der Waals surface area contributed by atoms with Crippen molar-refractivity contribution in [2.75, 3.05) is 6.54 Å². The van der Waals surface area contributed by atoms with Gasteiger partial charge in [0.15, 0.2) is 0 Å². The Bertz CT molecular complexity index is 264. The second-order valence-corrected chi connectivity index (χ2v) is 5.69. The third-order valence-corrected chi connectivity index (χ3v) is 4.17. The summed E-state index contributed by atoms with van der Waals surface area (Å²) in [6, 6.07) is 3.92. The number of hydrogen-bond acceptors (Lipinski definition) is 2. The zero-order chi connectivity index (χ0) is 11.5. The van der Waals surface area contributed by atoms with Gasteiger partial charge in [-0.1, -0.05) is 13.8 Å². The molecule has 2 fully saturated rings. The number of nitriles is 1. The molecule has 2 rings (SSSR count). The molecule has 0 spiro atoms. The average Bonchev–Trinajstić information content (AvgIpc) is 3.10. The Morgan fingerprint density at radius 3 is 2.56 bits per heavy atom. The molecule has 0 aromatic heterocycles. The lowest BCUT2D eigenvalue weighted by Gasteiger charge is -2.39. The van der Waals surface area contributed by atoms with Crippen molar-refractivity contribution in [3.05, 3.63) is 0 Å². The first-order chi connectivity index (χ1) is 7.76. The van der Waals surface area contributed by atoms with E-state index >= 15 is 0 Å². The van der Waals surface area contributed by atoms with Gasteiger partial charge in [-0.05, 0) is 51.0 Å². The zero-order valence-electron chi connectivity index (χ0n) is 10.7. The molecule has 0 aromatic carbocycles. The van der Waals surface area contributed by atoms with Gasteiger partial charge in [-0.15, -0.1) is 0 Å². The van der Waals surface area contributed by atoms with Crippen LogP contribution in [0.3, 0.4) is 0 Å². The Kier molecular flexibility index (Phi) is 3.86. The van der Waals surface area contributed by atoms with Crippen LogP contribution in [0.15, 0.2) is 0 Å². The molecule has 16 heavy (non-hydrogen) atoms. The van der Waals surface area contributed by atoms with E-state index in [1.54, 1.807) is 0 Å². The maximum absolute atomic E-state index is 9.29. The molecule has 0 aliphatic heterocycles. The van der Waals surface area contributed by atoms with Gasteiger partial charge < -0.3 is 0 Å². The minimum Gasteiger partial charge on any atom is -0.296 e. The summed E-state index contributed by atoms with van der Waals surface area (Å²) in [5.41, 5.74) is 0. The predicted molar refractivity (Wildman–Crippen MR) is 65.9 cm³/mol. The van der Waals surface area contributed by atoms with Crippen LogP contribution in [0, 0.1) is 23.2 Å². The Labute approximate surface area is 99.6 Å². The van der Waals surface area contributed by atoms with Gasteiger partial charge in [0.1, 0.15) is 0 Å². The summed E-state index contributed by atoms with van der Waals surface area (Å²) in [4.78, 5) is 2.66. The minimum atomic E-state index is 0.295. The molecule has 0 N–H and O–H groups in total. The highest BCUT2D eigenvalue weighted by molar-refractivity contribution is 5.00. The smallest absolute Gasteiger partial charge is 0.0672 e. The summed E-state index contributed by atoms with van der Waals surface area (Å²) >= 11 is 0. The maximum Gasteiger partial charge on any atom is 0.0672 e. The molecule has 0 heterocycles. The van der Waals surface area contributed by atoms with Crippen LogP contribution in [-0.4, -0.2) is 23.5 Å². The van der Waals surface area contributed by atoms with Gasteiger partial charge in [0, 0.05) is 12.1 Å². The van der Waals surface area contributed by atoms with Gasteiger partial charge >= 0.3 is 0 Å². The van der Waals surface area contributed by atoms with Crippen LogP contribution in [0.2, 0.25) is 0 Å². The third-order valence-electron chi connectivity index (χ3n) is 4.17. The molecule has 3 atom stereocenters. The van der Waals surface area contributed by atoms with Crippen molar-refractivity contribution in [2.24, 2.45) is 11.8 Å². The lowest BCUT2D eigenvalue weighted by Crippen LogP contribution is -2.45. The molecular weight excluding hydrogens is 196 g/mol. The fourth-order valence-corrected chi connectivity index (χ4v) is 3.15. The van der Waals surface area contributed by atoms with Crippen molar-refractivity contribution in [3.63, 3.8) is 0 Å². The summed E-state index contributed by atoms with van der Waals surface area (Å²) in [7, 11) is 0. The molecule has 2 saturated carbocycles. The van der Waals surface area contributed by atoms with Crippen molar-refractivity contribution in [3.8, 4) is 6.07 Å². The van der Waals surface area contributed by atoms with E-state index in [4.69, 9.17) is 0 Å². The number of hydrogen-bond donors (Lipinski definition) is 0. The molecule has 2 heteroatoms. The molecule has 2 aliphatic rings. The molecule has 0 aromatic rings. The van der Waals surface area contributed by atoms with Crippen molar-refractivity contribution < 1.29 is 0 Å². The van der Waals surface area contributed by atoms with E-state index in [-0.39, 0.29) is 0 Å². The third kappa shape index (κ3) is 2.58. The molecule has 3 unspecified atom stereocenters. The van der Waals surface area contributed by atoms with Crippen molar-refractivity contribution in [1.82, 2.24) is 4.90 Å². The van der Waals surface area contributed by atoms with Crippen LogP contribution in [0.4, 0.5) is 0 Å². The van der Waals surface area contributed by atoms with E-state index in [0.29, 0.717) is 12.0 Å². The van der Waals surface area contributed by atoms with Gasteiger partial charge in [0.25, 0.3) is 0 Å². The molecule has 2 aliphatic carbocycles. The summed E-state index contributed by atoms with van der Waals surface area (Å²) in [6.07, 6.45) is 7.56. The fourth-order valence-electron chi connectivity index (χ4n) is 3.15. The highest BCUT2D eigenvalue weighted by atomic mass is 15.2. The summed E-state index contributed by atoms with van der Waals surface area (Å²) in [5, 5.41) is 9.29. The Hall–Kier alpha value is -0.550. The van der Waals surface area contributed by atoms with Crippen molar-refractivity contribution in [2.45, 2.75) is 64.5 Å². The average molecular weight is 220 g/mol. The first kappa shape index (κ1) is 11.9. The molecule has 0 amide bonds. The molecule has 2 nitrogen and oxygen atoms in total. The van der Waals surface area contributed by atoms with E-state index in [1.165, 1.54) is 38.6 Å². The van der Waals surface area contributed by atoms with E-state index < -0.39 is 0 Å². The van der Waals surface area contributed by atoms with Gasteiger partial charge in [0.2, 0.25) is 0 Å². The van der Waals surface area contributed by atoms with E-state index in [2.05, 4.69) is 24.8 Å². The summed E-state index contributed by atoms with van der Waals surface area (Å²) < 4.78 is 0. The fraction of sp³-hybridized carbons (Fsp3) is 0.929. The van der Waals surface area contributed by atoms with E-state index in [9.17, 15) is 5.26 Å². The number of nitrogens with zero attached hydrogens (tertiary/aromatic N) is 2. The SMILES string of the molecule is CCCN(C1CC1)C1CC(C)CCC1C#N. The Morgan fingerprint density at radius 1 is 1.25 bits per heavy atom. The first-order valence-electron chi connectivity index (χ1n) is 6.91. The largest absolute Gasteiger partial charge is 0.296 e. The van der Waals surface area contributed by atoms with Crippen LogP contribution in [0.1, 0.15) is 52.4 Å². The zero-order valence-corrected chi connectivity index (χ0v) is 10.7. The lowest BCUT2D eigenvalue weighted by molar-refractivity contribution is 0.0978. The maximum atomic E-state index is 9.29. The van der Waals surface area contributed by atoms with Gasteiger partial charge in [-0.25, -0.2) is 0 Å². The highest BCUT2D eigenvalue weighted by Crippen LogP contribution is 2.37. The molecular formula is C14H24N2. The van der Waals surface area contributed by atoms with Crippen LogP contribution in [-0.2, 0) is 0 Å². The minimum absolute atomic E-state index is 0.295. The van der Waals surface area contributed by atoms with Crippen LogP contribution in [0.5, 0.6) is 0 Å². The van der Waals surface area contributed by atoms with Gasteiger partial charge in [-0.2, -0.15) is 5.26 Å². The standard InChI is InChI=1S/C14H24N2/c1-3-8-16(13-6-7-13)14-9-11(2)4-5-12(14)10-15/h11-14H,3-9H2,1-2H3. The highest BCUT2D eigenvalue weighted by Gasteiger charge is 2.39. The number of rotatable bonds is 4. The van der Waals surface area contributed by atoms with E-state index in [1.807, 2.05) is 0 Å². The molecule has 0 bridgehead atoms. The Balaban J connectivity index is 2.04. The second kappa shape index (κ2) is 5.19. The van der Waals surface area contributed by atoms with Crippen LogP contribution < -0.4 is 0 Å². The normalized spacial score (nSPS) is 35.0. The predicted octanol–water partition coefficient (Wildman–Crippen LogP) is 3.19. The summed E-state index contributed by atoms with van der Waals surface area (Å²) in [6.45, 7) is 5.79. The summed E-state index contributed by atoms with van der Waals surface area (Å²) in [5.74, 6) is 1.11. The lowest BCUT2D eigenvalue weighted by atomic mass is 9.79. The quantitative estimate of drug-likeness (QED) is 0.727. The van der Waals surface area contributed by atoms with Crippen molar-refractivity contribution in [1.29, 1.82) is 5.26 Å². The van der Waals surface area contributed by atoms with Crippen molar-refractivity contribution >= 4 is 0 Å². The van der Waals surface area contributed by atoms with Crippen LogP contribution in [0.25, 0.3) is 0 Å². The molecule has 0 saturated heterocycles. The van der Waals surface area contributed by atoms with E-state index in [0.717, 1.165) is 18.4 Å². The van der Waals surface area contributed by atoms with Gasteiger partial charge in [-0.3, -0.25) is 4.90 Å². The molecule has 90 valence electrons. The molecule has 0 radical (unpaired) electrons. The first-order valence-corrected chi connectivity index (χ1v) is 6.91. The van der Waals surface area contributed by atoms with Gasteiger partial charge in [0.05, 0.1) is 12.0 Å². The Morgan fingerprint density at radius 2 is 2.00 bits per heavy atom. The topological polar surface area (TPSA) is 27.0 Å². The second-order valence-electron chi connectivity index (χ2n) is 5.69.